The van der Waals surface area contributed by atoms with Crippen molar-refractivity contribution in [2.45, 2.75) is 32.2 Å². The zero-order valence-corrected chi connectivity index (χ0v) is 11.7. The Balaban J connectivity index is 1.89. The molecule has 1 aliphatic heterocycles. The molecule has 0 spiro atoms. The number of pyridine rings is 1. The lowest BCUT2D eigenvalue weighted by Gasteiger charge is -2.32. The summed E-state index contributed by atoms with van der Waals surface area (Å²) in [5, 5.41) is 2.76. The molecule has 0 bridgehead atoms. The molecular weight excluding hydrogens is 259 g/mol. The van der Waals surface area contributed by atoms with Crippen LogP contribution in [0.2, 0.25) is 0 Å². The monoisotopic (exact) mass is 280 g/mol. The lowest BCUT2D eigenvalue weighted by Crippen LogP contribution is -2.44. The summed E-state index contributed by atoms with van der Waals surface area (Å²) in [7, 11) is 0. The van der Waals surface area contributed by atoms with Crippen LogP contribution in [-0.4, -0.2) is 41.5 Å². The number of carbonyl (C=O) groups excluding carboxylic acids is 1. The van der Waals surface area contributed by atoms with Gasteiger partial charge < -0.3 is 11.1 Å². The molecule has 2 heterocycles. The lowest BCUT2D eigenvalue weighted by atomic mass is 10.1. The summed E-state index contributed by atoms with van der Waals surface area (Å²) < 4.78 is 13.7. The minimum Gasteiger partial charge on any atom is -0.381 e. The van der Waals surface area contributed by atoms with Crippen molar-refractivity contribution in [1.82, 2.24) is 15.2 Å². The number of hydrogen-bond acceptors (Lipinski definition) is 4. The first-order chi connectivity index (χ1) is 9.59. The van der Waals surface area contributed by atoms with Gasteiger partial charge in [0.15, 0.2) is 11.6 Å². The van der Waals surface area contributed by atoms with Crippen LogP contribution in [0.5, 0.6) is 0 Å². The smallest absolute Gasteiger partial charge is 0.254 e. The number of amides is 1. The standard InChI is InChI=1S/C14H21FN4O/c1-10(19-7-3-2-4-8-19)9-18-14(20)11-5-6-17-13(16)12(11)15/h5-6,10H,2-4,7-9H2,1H3,(H2,16,17)(H,18,20). The van der Waals surface area contributed by atoms with Crippen molar-refractivity contribution >= 4 is 11.7 Å². The largest absolute Gasteiger partial charge is 0.381 e. The van der Waals surface area contributed by atoms with E-state index in [-0.39, 0.29) is 17.4 Å². The van der Waals surface area contributed by atoms with Crippen LogP contribution in [0.15, 0.2) is 12.3 Å². The maximum absolute atomic E-state index is 13.7. The Bertz CT molecular complexity index is 474. The molecule has 110 valence electrons. The van der Waals surface area contributed by atoms with Crippen LogP contribution in [0.1, 0.15) is 36.5 Å². The van der Waals surface area contributed by atoms with Crippen molar-refractivity contribution in [3.8, 4) is 0 Å². The third-order valence-electron chi connectivity index (χ3n) is 3.73. The second-order valence-electron chi connectivity index (χ2n) is 5.21. The van der Waals surface area contributed by atoms with Gasteiger partial charge in [0.1, 0.15) is 0 Å². The van der Waals surface area contributed by atoms with Crippen molar-refractivity contribution in [2.24, 2.45) is 0 Å². The predicted octanol–water partition coefficient (Wildman–Crippen LogP) is 1.41. The SMILES string of the molecule is CC(CNC(=O)c1ccnc(N)c1F)N1CCCCC1. The number of anilines is 1. The zero-order chi connectivity index (χ0) is 14.5. The maximum atomic E-state index is 13.7. The van der Waals surface area contributed by atoms with Gasteiger partial charge in [0.05, 0.1) is 5.56 Å². The van der Waals surface area contributed by atoms with Gasteiger partial charge in [-0.05, 0) is 38.9 Å². The molecule has 1 atom stereocenters. The van der Waals surface area contributed by atoms with E-state index in [4.69, 9.17) is 5.73 Å². The van der Waals surface area contributed by atoms with Crippen LogP contribution < -0.4 is 11.1 Å². The zero-order valence-electron chi connectivity index (χ0n) is 11.7. The number of nitrogens with two attached hydrogens (primary N) is 1. The Labute approximate surface area is 118 Å². The normalized spacial score (nSPS) is 17.7. The lowest BCUT2D eigenvalue weighted by molar-refractivity contribution is 0.0926. The minimum atomic E-state index is -0.754. The number of hydrogen-bond donors (Lipinski definition) is 2. The van der Waals surface area contributed by atoms with E-state index >= 15 is 0 Å². The number of carbonyl (C=O) groups is 1. The third-order valence-corrected chi connectivity index (χ3v) is 3.73. The Morgan fingerprint density at radius 2 is 2.20 bits per heavy atom. The number of rotatable bonds is 4. The molecule has 1 aromatic heterocycles. The summed E-state index contributed by atoms with van der Waals surface area (Å²) in [4.78, 5) is 17.9. The van der Waals surface area contributed by atoms with Crippen LogP contribution >= 0.6 is 0 Å². The second kappa shape index (κ2) is 6.65. The summed E-state index contributed by atoms with van der Waals surface area (Å²) in [5.74, 6) is -1.45. The van der Waals surface area contributed by atoms with E-state index in [2.05, 4.69) is 22.1 Å². The molecule has 0 aliphatic carbocycles. The van der Waals surface area contributed by atoms with Crippen molar-refractivity contribution in [2.75, 3.05) is 25.4 Å². The van der Waals surface area contributed by atoms with Crippen LogP contribution in [-0.2, 0) is 0 Å². The van der Waals surface area contributed by atoms with Crippen LogP contribution in [0.25, 0.3) is 0 Å². The maximum Gasteiger partial charge on any atom is 0.254 e. The summed E-state index contributed by atoms with van der Waals surface area (Å²) in [6.45, 7) is 4.70. The highest BCUT2D eigenvalue weighted by molar-refractivity contribution is 5.95. The van der Waals surface area contributed by atoms with Gasteiger partial charge in [-0.3, -0.25) is 9.69 Å². The van der Waals surface area contributed by atoms with Gasteiger partial charge in [0.2, 0.25) is 0 Å². The third kappa shape index (κ3) is 3.45. The van der Waals surface area contributed by atoms with Crippen LogP contribution in [0, 0.1) is 5.82 Å². The molecule has 2 rings (SSSR count). The topological polar surface area (TPSA) is 71.2 Å². The van der Waals surface area contributed by atoms with Gasteiger partial charge in [0, 0.05) is 18.8 Å². The van der Waals surface area contributed by atoms with E-state index in [1.807, 2.05) is 0 Å². The highest BCUT2D eigenvalue weighted by Gasteiger charge is 2.19. The van der Waals surface area contributed by atoms with E-state index in [1.54, 1.807) is 0 Å². The number of aromatic nitrogens is 1. The number of likely N-dealkylation sites (tertiary alicyclic amines) is 1. The predicted molar refractivity (Wildman–Crippen MR) is 75.8 cm³/mol. The highest BCUT2D eigenvalue weighted by atomic mass is 19.1. The van der Waals surface area contributed by atoms with E-state index in [9.17, 15) is 9.18 Å². The molecule has 0 saturated carbocycles. The molecular formula is C14H21FN4O. The molecule has 3 N–H and O–H groups in total. The van der Waals surface area contributed by atoms with E-state index in [0.29, 0.717) is 6.54 Å². The number of nitrogen functional groups attached to an aromatic ring is 1. The van der Waals surface area contributed by atoms with Gasteiger partial charge in [-0.1, -0.05) is 6.42 Å². The summed E-state index contributed by atoms with van der Waals surface area (Å²) in [5.41, 5.74) is 5.30. The van der Waals surface area contributed by atoms with Crippen molar-refractivity contribution < 1.29 is 9.18 Å². The van der Waals surface area contributed by atoms with Crippen molar-refractivity contribution in [3.05, 3.63) is 23.6 Å². The summed E-state index contributed by atoms with van der Waals surface area (Å²) in [6, 6.07) is 1.59. The number of halogens is 1. The molecule has 5 nitrogen and oxygen atoms in total. The van der Waals surface area contributed by atoms with Crippen molar-refractivity contribution in [1.29, 1.82) is 0 Å². The number of nitrogens with zero attached hydrogens (tertiary/aromatic N) is 2. The quantitative estimate of drug-likeness (QED) is 0.874. The fraction of sp³-hybridized carbons (Fsp3) is 0.571. The fourth-order valence-electron chi connectivity index (χ4n) is 2.46. The number of nitrogens with one attached hydrogen (secondary N) is 1. The Morgan fingerprint density at radius 3 is 2.90 bits per heavy atom. The first-order valence-corrected chi connectivity index (χ1v) is 7.02. The van der Waals surface area contributed by atoms with E-state index in [1.165, 1.54) is 31.5 Å². The van der Waals surface area contributed by atoms with Gasteiger partial charge in [-0.15, -0.1) is 0 Å². The average Bonchev–Trinajstić information content (AvgIpc) is 2.48. The highest BCUT2D eigenvalue weighted by Crippen LogP contribution is 2.13. The van der Waals surface area contributed by atoms with Gasteiger partial charge in [-0.2, -0.15) is 0 Å². The molecule has 20 heavy (non-hydrogen) atoms. The van der Waals surface area contributed by atoms with Crippen LogP contribution in [0.3, 0.4) is 0 Å². The van der Waals surface area contributed by atoms with E-state index < -0.39 is 11.7 Å². The van der Waals surface area contributed by atoms with Crippen molar-refractivity contribution in [3.63, 3.8) is 0 Å². The van der Waals surface area contributed by atoms with Gasteiger partial charge >= 0.3 is 0 Å². The summed E-state index contributed by atoms with van der Waals surface area (Å²) in [6.07, 6.45) is 5.01. The molecule has 1 aromatic rings. The first-order valence-electron chi connectivity index (χ1n) is 7.02. The summed E-state index contributed by atoms with van der Waals surface area (Å²) >= 11 is 0. The number of piperidine rings is 1. The Morgan fingerprint density at radius 1 is 1.50 bits per heavy atom. The van der Waals surface area contributed by atoms with E-state index in [0.717, 1.165) is 13.1 Å². The Hall–Kier alpha value is -1.69. The van der Waals surface area contributed by atoms with Gasteiger partial charge in [0.25, 0.3) is 5.91 Å². The molecule has 1 saturated heterocycles. The molecule has 1 amide bonds. The molecule has 6 heteroatoms. The fourth-order valence-corrected chi connectivity index (χ4v) is 2.46. The van der Waals surface area contributed by atoms with Crippen LogP contribution in [0.4, 0.5) is 10.2 Å². The Kier molecular flexibility index (Phi) is 4.89. The van der Waals surface area contributed by atoms with Gasteiger partial charge in [-0.25, -0.2) is 9.37 Å². The minimum absolute atomic E-state index is 0.0525. The molecule has 1 unspecified atom stereocenters. The molecule has 0 aromatic carbocycles. The average molecular weight is 280 g/mol. The molecule has 1 aliphatic rings. The first kappa shape index (κ1) is 14.7. The second-order valence-corrected chi connectivity index (χ2v) is 5.21. The molecule has 0 radical (unpaired) electrons. The molecule has 1 fully saturated rings.